The third kappa shape index (κ3) is 3.14. The van der Waals surface area contributed by atoms with E-state index in [-0.39, 0.29) is 12.3 Å². The molecule has 0 radical (unpaired) electrons. The predicted octanol–water partition coefficient (Wildman–Crippen LogP) is 2.59. The Morgan fingerprint density at radius 1 is 1.62 bits per heavy atom. The summed E-state index contributed by atoms with van der Waals surface area (Å²) in [5, 5.41) is 11.4. The van der Waals surface area contributed by atoms with E-state index in [0.29, 0.717) is 23.1 Å². The van der Waals surface area contributed by atoms with E-state index in [1.807, 2.05) is 6.92 Å². The van der Waals surface area contributed by atoms with Crippen LogP contribution in [-0.4, -0.2) is 12.5 Å². The van der Waals surface area contributed by atoms with Crippen LogP contribution in [-0.2, 0) is 4.79 Å². The summed E-state index contributed by atoms with van der Waals surface area (Å²) in [6.45, 7) is 2.27. The molecule has 84 valence electrons. The van der Waals surface area contributed by atoms with Crippen LogP contribution in [0.3, 0.4) is 0 Å². The van der Waals surface area contributed by atoms with Gasteiger partial charge < -0.3 is 10.1 Å². The molecule has 0 spiro atoms. The van der Waals surface area contributed by atoms with E-state index in [0.717, 1.165) is 0 Å². The fourth-order valence-corrected chi connectivity index (χ4v) is 1.39. The van der Waals surface area contributed by atoms with Crippen molar-refractivity contribution in [3.05, 3.63) is 23.2 Å². The minimum Gasteiger partial charge on any atom is -0.490 e. The molecule has 0 aromatic heterocycles. The van der Waals surface area contributed by atoms with Gasteiger partial charge >= 0.3 is 0 Å². The highest BCUT2D eigenvalue weighted by Crippen LogP contribution is 2.32. The van der Waals surface area contributed by atoms with Gasteiger partial charge in [0.25, 0.3) is 0 Å². The molecular weight excluding hydrogens is 228 g/mol. The molecule has 0 atom stereocenters. The van der Waals surface area contributed by atoms with Crippen LogP contribution < -0.4 is 10.1 Å². The van der Waals surface area contributed by atoms with E-state index in [9.17, 15) is 4.79 Å². The average molecular weight is 239 g/mol. The van der Waals surface area contributed by atoms with Gasteiger partial charge in [-0.25, -0.2) is 0 Å². The monoisotopic (exact) mass is 238 g/mol. The smallest absolute Gasteiger partial charge is 0.238 e. The molecule has 5 heteroatoms. The molecule has 1 aromatic carbocycles. The molecule has 0 unspecified atom stereocenters. The van der Waals surface area contributed by atoms with Gasteiger partial charge in [-0.2, -0.15) is 5.26 Å². The molecule has 1 rings (SSSR count). The van der Waals surface area contributed by atoms with Gasteiger partial charge in [-0.15, -0.1) is 0 Å². The van der Waals surface area contributed by atoms with E-state index in [1.165, 1.54) is 0 Å². The standard InChI is InChI=1S/C11H11ClN2O2/c1-2-16-11-8(12)4-3-5-9(11)14-10(15)6-7-13/h3-5H,2,6H2,1H3,(H,14,15). The zero-order chi connectivity index (χ0) is 12.0. The van der Waals surface area contributed by atoms with Crippen LogP contribution in [0.15, 0.2) is 18.2 Å². The maximum atomic E-state index is 11.2. The van der Waals surface area contributed by atoms with E-state index in [4.69, 9.17) is 21.6 Å². The van der Waals surface area contributed by atoms with Gasteiger partial charge in [-0.3, -0.25) is 4.79 Å². The fourth-order valence-electron chi connectivity index (χ4n) is 1.16. The molecule has 0 saturated heterocycles. The van der Waals surface area contributed by atoms with Gasteiger partial charge in [0, 0.05) is 0 Å². The van der Waals surface area contributed by atoms with Crippen LogP contribution in [0, 0.1) is 11.3 Å². The summed E-state index contributed by atoms with van der Waals surface area (Å²) in [4.78, 5) is 11.2. The normalized spacial score (nSPS) is 9.31. The van der Waals surface area contributed by atoms with E-state index < -0.39 is 0 Å². The Labute approximate surface area is 98.8 Å². The summed E-state index contributed by atoms with van der Waals surface area (Å²) in [6.07, 6.45) is -0.196. The largest absolute Gasteiger partial charge is 0.490 e. The third-order valence-corrected chi connectivity index (χ3v) is 2.07. The predicted molar refractivity (Wildman–Crippen MR) is 61.5 cm³/mol. The van der Waals surface area contributed by atoms with Crippen molar-refractivity contribution in [1.29, 1.82) is 5.26 Å². The van der Waals surface area contributed by atoms with Crippen molar-refractivity contribution >= 4 is 23.2 Å². The highest BCUT2D eigenvalue weighted by atomic mass is 35.5. The first-order valence-corrected chi connectivity index (χ1v) is 5.15. The number of anilines is 1. The zero-order valence-electron chi connectivity index (χ0n) is 8.79. The topological polar surface area (TPSA) is 62.1 Å². The molecule has 0 heterocycles. The van der Waals surface area contributed by atoms with Gasteiger partial charge in [-0.05, 0) is 19.1 Å². The Morgan fingerprint density at radius 3 is 3.00 bits per heavy atom. The summed E-state index contributed by atoms with van der Waals surface area (Å²) in [6, 6.07) is 6.82. The Balaban J connectivity index is 2.91. The van der Waals surface area contributed by atoms with Gasteiger partial charge in [0.05, 0.1) is 23.4 Å². The lowest BCUT2D eigenvalue weighted by Gasteiger charge is -2.11. The van der Waals surface area contributed by atoms with E-state index in [2.05, 4.69) is 5.32 Å². The quantitative estimate of drug-likeness (QED) is 0.877. The molecule has 0 saturated carbocycles. The Bertz CT molecular complexity index is 426. The SMILES string of the molecule is CCOc1c(Cl)cccc1NC(=O)CC#N. The van der Waals surface area contributed by atoms with Crippen LogP contribution in [0.4, 0.5) is 5.69 Å². The molecule has 0 aliphatic heterocycles. The number of amides is 1. The summed E-state index contributed by atoms with van der Waals surface area (Å²) in [7, 11) is 0. The van der Waals surface area contributed by atoms with Crippen molar-refractivity contribution in [3.8, 4) is 11.8 Å². The van der Waals surface area contributed by atoms with Crippen molar-refractivity contribution < 1.29 is 9.53 Å². The lowest BCUT2D eigenvalue weighted by Crippen LogP contribution is -2.11. The van der Waals surface area contributed by atoms with Crippen LogP contribution in [0.5, 0.6) is 5.75 Å². The van der Waals surface area contributed by atoms with Gasteiger partial charge in [0.15, 0.2) is 5.75 Å². The number of nitrogens with one attached hydrogen (secondary N) is 1. The number of para-hydroxylation sites is 1. The van der Waals surface area contributed by atoms with Crippen molar-refractivity contribution in [2.24, 2.45) is 0 Å². The molecule has 16 heavy (non-hydrogen) atoms. The number of carbonyl (C=O) groups is 1. The number of rotatable bonds is 4. The molecule has 0 aliphatic carbocycles. The number of nitriles is 1. The number of halogens is 1. The van der Waals surface area contributed by atoms with E-state index >= 15 is 0 Å². The summed E-state index contributed by atoms with van der Waals surface area (Å²) in [5.41, 5.74) is 0.481. The Kier molecular flexibility index (Phi) is 4.62. The third-order valence-electron chi connectivity index (χ3n) is 1.77. The number of hydrogen-bond acceptors (Lipinski definition) is 3. The minimum absolute atomic E-state index is 0.196. The number of benzene rings is 1. The lowest BCUT2D eigenvalue weighted by molar-refractivity contribution is -0.115. The second-order valence-corrected chi connectivity index (χ2v) is 3.34. The number of hydrogen-bond donors (Lipinski definition) is 1. The van der Waals surface area contributed by atoms with Gasteiger partial charge in [0.2, 0.25) is 5.91 Å². The molecule has 1 N–H and O–H groups in total. The molecule has 1 aromatic rings. The lowest BCUT2D eigenvalue weighted by atomic mass is 10.2. The molecule has 0 fully saturated rings. The summed E-state index contributed by atoms with van der Waals surface area (Å²) >= 11 is 5.93. The Hall–Kier alpha value is -1.73. The van der Waals surface area contributed by atoms with Crippen LogP contribution >= 0.6 is 11.6 Å². The van der Waals surface area contributed by atoms with Gasteiger partial charge in [0.1, 0.15) is 6.42 Å². The molecule has 4 nitrogen and oxygen atoms in total. The van der Waals surface area contributed by atoms with Crippen LogP contribution in [0.2, 0.25) is 5.02 Å². The number of carbonyl (C=O) groups excluding carboxylic acids is 1. The van der Waals surface area contributed by atoms with Crippen molar-refractivity contribution in [2.75, 3.05) is 11.9 Å². The highest BCUT2D eigenvalue weighted by Gasteiger charge is 2.10. The number of ether oxygens (including phenoxy) is 1. The zero-order valence-corrected chi connectivity index (χ0v) is 9.54. The molecule has 1 amide bonds. The highest BCUT2D eigenvalue weighted by molar-refractivity contribution is 6.32. The second kappa shape index (κ2) is 5.99. The molecule has 0 bridgehead atoms. The van der Waals surface area contributed by atoms with Crippen molar-refractivity contribution in [2.45, 2.75) is 13.3 Å². The van der Waals surface area contributed by atoms with Crippen molar-refractivity contribution in [3.63, 3.8) is 0 Å². The minimum atomic E-state index is -0.384. The summed E-state index contributed by atoms with van der Waals surface area (Å²) < 4.78 is 5.32. The van der Waals surface area contributed by atoms with Crippen LogP contribution in [0.25, 0.3) is 0 Å². The molecule has 0 aliphatic rings. The van der Waals surface area contributed by atoms with E-state index in [1.54, 1.807) is 24.3 Å². The fraction of sp³-hybridized carbons (Fsp3) is 0.273. The maximum absolute atomic E-state index is 11.2. The van der Waals surface area contributed by atoms with Crippen LogP contribution in [0.1, 0.15) is 13.3 Å². The van der Waals surface area contributed by atoms with Gasteiger partial charge in [-0.1, -0.05) is 17.7 Å². The average Bonchev–Trinajstić information content (AvgIpc) is 2.23. The Morgan fingerprint density at radius 2 is 2.38 bits per heavy atom. The number of nitrogens with zero attached hydrogens (tertiary/aromatic N) is 1. The maximum Gasteiger partial charge on any atom is 0.238 e. The first-order chi connectivity index (χ1) is 7.69. The molecular formula is C11H11ClN2O2. The van der Waals surface area contributed by atoms with Crippen molar-refractivity contribution in [1.82, 2.24) is 0 Å². The first kappa shape index (κ1) is 12.3. The first-order valence-electron chi connectivity index (χ1n) is 4.77. The second-order valence-electron chi connectivity index (χ2n) is 2.93. The summed E-state index contributed by atoms with van der Waals surface area (Å²) in [5.74, 6) is 0.0451.